The highest BCUT2D eigenvalue weighted by molar-refractivity contribution is 6.22. The van der Waals surface area contributed by atoms with Crippen LogP contribution in [-0.2, 0) is 9.59 Å². The van der Waals surface area contributed by atoms with Crippen LogP contribution in [0.15, 0.2) is 16.3 Å². The van der Waals surface area contributed by atoms with Crippen LogP contribution < -0.4 is 5.32 Å². The van der Waals surface area contributed by atoms with Crippen molar-refractivity contribution in [3.05, 3.63) is 11.3 Å². The molecule has 0 aromatic carbocycles. The van der Waals surface area contributed by atoms with Gasteiger partial charge in [0.2, 0.25) is 5.91 Å². The molecule has 1 amide bonds. The van der Waals surface area contributed by atoms with Crippen molar-refractivity contribution < 1.29 is 9.59 Å². The summed E-state index contributed by atoms with van der Waals surface area (Å²) in [6.45, 7) is 5.52. The lowest BCUT2D eigenvalue weighted by Gasteiger charge is -2.19. The molecule has 0 spiro atoms. The van der Waals surface area contributed by atoms with Crippen LogP contribution in [0, 0.1) is 11.8 Å². The molecule has 1 N–H and O–H groups in total. The number of Topliss-reactive ketones (excluding diaryl/α,β-unsaturated/α-hetero) is 1. The van der Waals surface area contributed by atoms with Crippen molar-refractivity contribution >= 4 is 17.5 Å². The largest absolute Gasteiger partial charge is 0.313 e. The van der Waals surface area contributed by atoms with E-state index in [1.165, 1.54) is 0 Å². The molecule has 2 atom stereocenters. The molecule has 0 unspecified atom stereocenters. The first-order valence-corrected chi connectivity index (χ1v) is 5.19. The minimum Gasteiger partial charge on any atom is -0.313 e. The predicted molar refractivity (Wildman–Crippen MR) is 56.2 cm³/mol. The van der Waals surface area contributed by atoms with E-state index < -0.39 is 0 Å². The zero-order chi connectivity index (χ0) is 11.2. The van der Waals surface area contributed by atoms with E-state index in [4.69, 9.17) is 0 Å². The smallest absolute Gasteiger partial charge is 0.229 e. The van der Waals surface area contributed by atoms with Crippen LogP contribution in [0.5, 0.6) is 0 Å². The summed E-state index contributed by atoms with van der Waals surface area (Å²) in [5.74, 6) is -0.155. The molecule has 2 aliphatic rings. The van der Waals surface area contributed by atoms with E-state index in [1.54, 1.807) is 6.92 Å². The van der Waals surface area contributed by atoms with Crippen molar-refractivity contribution in [3.63, 3.8) is 0 Å². The quantitative estimate of drug-likeness (QED) is 0.696. The first-order chi connectivity index (χ1) is 7.06. The molecule has 2 rings (SSSR count). The molecule has 1 fully saturated rings. The molecule has 0 bridgehead atoms. The fourth-order valence-corrected chi connectivity index (χ4v) is 2.20. The lowest BCUT2D eigenvalue weighted by Crippen LogP contribution is -2.32. The van der Waals surface area contributed by atoms with E-state index >= 15 is 0 Å². The molecular weight excluding hydrogens is 192 g/mol. The summed E-state index contributed by atoms with van der Waals surface area (Å²) in [6, 6.07) is 0. The van der Waals surface area contributed by atoms with Crippen molar-refractivity contribution in [2.75, 3.05) is 0 Å². The fraction of sp³-hybridized carbons (Fsp3) is 0.545. The van der Waals surface area contributed by atoms with Gasteiger partial charge < -0.3 is 5.32 Å². The number of carbonyl (C=O) groups excluding carboxylic acids is 2. The van der Waals surface area contributed by atoms with Crippen LogP contribution in [-0.4, -0.2) is 17.5 Å². The molecule has 0 aromatic heterocycles. The highest BCUT2D eigenvalue weighted by Crippen LogP contribution is 2.30. The fourth-order valence-electron chi connectivity index (χ4n) is 2.20. The zero-order valence-electron chi connectivity index (χ0n) is 9.13. The summed E-state index contributed by atoms with van der Waals surface area (Å²) in [7, 11) is 0. The van der Waals surface area contributed by atoms with Crippen molar-refractivity contribution in [3.8, 4) is 0 Å². The third kappa shape index (κ3) is 1.32. The summed E-state index contributed by atoms with van der Waals surface area (Å²) in [5, 5.41) is 2.67. The van der Waals surface area contributed by atoms with Gasteiger partial charge in [-0.2, -0.15) is 0 Å². The van der Waals surface area contributed by atoms with E-state index in [2.05, 4.69) is 10.3 Å². The van der Waals surface area contributed by atoms with Gasteiger partial charge in [0.15, 0.2) is 5.78 Å². The summed E-state index contributed by atoms with van der Waals surface area (Å²) in [5.41, 5.74) is 1.50. The number of amides is 1. The van der Waals surface area contributed by atoms with Crippen LogP contribution in [0.4, 0.5) is 0 Å². The average Bonchev–Trinajstić information content (AvgIpc) is 2.43. The molecule has 0 radical (unpaired) electrons. The molecule has 15 heavy (non-hydrogen) atoms. The van der Waals surface area contributed by atoms with Crippen LogP contribution in [0.25, 0.3) is 0 Å². The highest BCUT2D eigenvalue weighted by atomic mass is 16.2. The maximum Gasteiger partial charge on any atom is 0.229 e. The number of allylic oxidation sites excluding steroid dienone is 2. The summed E-state index contributed by atoms with van der Waals surface area (Å²) in [4.78, 5) is 27.8. The number of hydrogen-bond donors (Lipinski definition) is 1. The van der Waals surface area contributed by atoms with Crippen molar-refractivity contribution in [2.24, 2.45) is 16.8 Å². The lowest BCUT2D eigenvalue weighted by atomic mass is 9.85. The Kier molecular flexibility index (Phi) is 2.21. The summed E-state index contributed by atoms with van der Waals surface area (Å²) >= 11 is 0. The first kappa shape index (κ1) is 10.1. The van der Waals surface area contributed by atoms with E-state index in [1.807, 2.05) is 13.8 Å². The number of rotatable bonds is 1. The lowest BCUT2D eigenvalue weighted by molar-refractivity contribution is -0.126. The van der Waals surface area contributed by atoms with Gasteiger partial charge in [0.05, 0.1) is 11.8 Å². The second kappa shape index (κ2) is 3.29. The molecule has 0 saturated carbocycles. The van der Waals surface area contributed by atoms with Gasteiger partial charge in [-0.25, -0.2) is 4.99 Å². The minimum atomic E-state index is -0.365. The second-order valence-corrected chi connectivity index (χ2v) is 4.03. The number of carbonyl (C=O) groups is 2. The highest BCUT2D eigenvalue weighted by Gasteiger charge is 2.44. The molecule has 2 heterocycles. The number of nitrogens with one attached hydrogen (secondary N) is 1. The normalized spacial score (nSPS) is 30.2. The van der Waals surface area contributed by atoms with E-state index in [9.17, 15) is 9.59 Å². The molecule has 0 aromatic rings. The molecule has 4 nitrogen and oxygen atoms in total. The second-order valence-electron chi connectivity index (χ2n) is 4.03. The SMILES string of the molecule is CCC1=C(C)N=C2NC(=O)[C@H](C)[C@H]2C1=O. The third-order valence-electron chi connectivity index (χ3n) is 3.12. The Balaban J connectivity index is 2.46. The van der Waals surface area contributed by atoms with Gasteiger partial charge in [-0.15, -0.1) is 0 Å². The summed E-state index contributed by atoms with van der Waals surface area (Å²) in [6.07, 6.45) is 0.679. The molecule has 4 heteroatoms. The number of ketones is 1. The minimum absolute atomic E-state index is 0.0610. The van der Waals surface area contributed by atoms with Crippen LogP contribution in [0.1, 0.15) is 27.2 Å². The molecule has 1 saturated heterocycles. The number of hydrogen-bond acceptors (Lipinski definition) is 3. The Labute approximate surface area is 88.5 Å². The maximum atomic E-state index is 12.1. The van der Waals surface area contributed by atoms with Crippen LogP contribution in [0.3, 0.4) is 0 Å². The topological polar surface area (TPSA) is 58.5 Å². The van der Waals surface area contributed by atoms with E-state index in [-0.39, 0.29) is 23.5 Å². The Morgan fingerprint density at radius 1 is 1.40 bits per heavy atom. The van der Waals surface area contributed by atoms with E-state index in [0.29, 0.717) is 12.3 Å². The number of nitrogens with zero attached hydrogens (tertiary/aromatic N) is 1. The van der Waals surface area contributed by atoms with Crippen LogP contribution >= 0.6 is 0 Å². The summed E-state index contributed by atoms with van der Waals surface area (Å²) < 4.78 is 0. The average molecular weight is 206 g/mol. The van der Waals surface area contributed by atoms with Crippen LogP contribution in [0.2, 0.25) is 0 Å². The predicted octanol–water partition coefficient (Wildman–Crippen LogP) is 1.03. The Morgan fingerprint density at radius 2 is 2.07 bits per heavy atom. The van der Waals surface area contributed by atoms with Gasteiger partial charge in [-0.1, -0.05) is 13.8 Å². The van der Waals surface area contributed by atoms with Gasteiger partial charge in [-0.05, 0) is 13.3 Å². The van der Waals surface area contributed by atoms with Crippen molar-refractivity contribution in [1.82, 2.24) is 5.32 Å². The van der Waals surface area contributed by atoms with Gasteiger partial charge in [0.25, 0.3) is 0 Å². The van der Waals surface area contributed by atoms with Gasteiger partial charge in [0, 0.05) is 11.3 Å². The first-order valence-electron chi connectivity index (χ1n) is 5.19. The van der Waals surface area contributed by atoms with Gasteiger partial charge in [-0.3, -0.25) is 9.59 Å². The van der Waals surface area contributed by atoms with Gasteiger partial charge in [0.1, 0.15) is 5.84 Å². The molecule has 80 valence electrons. The van der Waals surface area contributed by atoms with Crippen molar-refractivity contribution in [2.45, 2.75) is 27.2 Å². The Hall–Kier alpha value is -1.45. The maximum absolute atomic E-state index is 12.1. The number of fused-ring (bicyclic) bond motifs is 1. The molecule has 0 aliphatic carbocycles. The molecular formula is C11H14N2O2. The third-order valence-corrected chi connectivity index (χ3v) is 3.12. The number of aliphatic imine (C=N–C) groups is 1. The Bertz CT molecular complexity index is 407. The Morgan fingerprint density at radius 3 is 2.67 bits per heavy atom. The van der Waals surface area contributed by atoms with Crippen molar-refractivity contribution in [1.29, 1.82) is 0 Å². The van der Waals surface area contributed by atoms with E-state index in [0.717, 1.165) is 11.3 Å². The standard InChI is InChI=1S/C11H14N2O2/c1-4-7-6(3)12-10-8(9(7)14)5(2)11(15)13-10/h5,8H,4H2,1-3H3,(H,12,13,15)/t5-,8+/m1/s1. The molecule has 2 aliphatic heterocycles. The zero-order valence-corrected chi connectivity index (χ0v) is 9.13. The number of amidine groups is 1. The monoisotopic (exact) mass is 206 g/mol. The van der Waals surface area contributed by atoms with Gasteiger partial charge >= 0.3 is 0 Å².